The number of hydrogen-bond donors (Lipinski definition) is 0. The van der Waals surface area contributed by atoms with Crippen molar-refractivity contribution in [1.29, 1.82) is 0 Å². The Bertz CT molecular complexity index is 511. The molecular weight excluding hydrogens is 262 g/mol. The Morgan fingerprint density at radius 3 is 2.41 bits per heavy atom. The molecule has 17 heavy (non-hydrogen) atoms. The zero-order valence-electron chi connectivity index (χ0n) is 8.79. The van der Waals surface area contributed by atoms with Crippen molar-refractivity contribution >= 4 is 23.2 Å². The Hall–Kier alpha value is -1.25. The maximum absolute atomic E-state index is 12.7. The van der Waals surface area contributed by atoms with E-state index in [9.17, 15) is 4.39 Å². The van der Waals surface area contributed by atoms with E-state index in [1.165, 1.54) is 12.1 Å². The second kappa shape index (κ2) is 5.39. The standard InChI is InChI=1S/C13H9Cl2FO/c14-8-9-7-10(15)1-6-13(9)17-12-4-2-11(16)3-5-12/h1-7H,8H2. The third-order valence-electron chi connectivity index (χ3n) is 2.21. The highest BCUT2D eigenvalue weighted by molar-refractivity contribution is 6.30. The van der Waals surface area contributed by atoms with E-state index < -0.39 is 0 Å². The summed E-state index contributed by atoms with van der Waals surface area (Å²) in [5.74, 6) is 1.18. The molecule has 0 fully saturated rings. The molecule has 4 heteroatoms. The van der Waals surface area contributed by atoms with Crippen molar-refractivity contribution in [3.63, 3.8) is 0 Å². The predicted molar refractivity (Wildman–Crippen MR) is 67.5 cm³/mol. The van der Waals surface area contributed by atoms with E-state index >= 15 is 0 Å². The SMILES string of the molecule is Fc1ccc(Oc2ccc(Cl)cc2CCl)cc1. The molecule has 0 aliphatic carbocycles. The van der Waals surface area contributed by atoms with Crippen LogP contribution in [0.15, 0.2) is 42.5 Å². The quantitative estimate of drug-likeness (QED) is 0.713. The van der Waals surface area contributed by atoms with E-state index in [2.05, 4.69) is 0 Å². The van der Waals surface area contributed by atoms with Crippen LogP contribution in [0.2, 0.25) is 5.02 Å². The van der Waals surface area contributed by atoms with Crippen molar-refractivity contribution in [3.05, 3.63) is 58.9 Å². The summed E-state index contributed by atoms with van der Waals surface area (Å²) in [5, 5.41) is 0.604. The lowest BCUT2D eigenvalue weighted by molar-refractivity contribution is 0.476. The zero-order chi connectivity index (χ0) is 12.3. The molecule has 0 amide bonds. The lowest BCUT2D eigenvalue weighted by Crippen LogP contribution is -1.89. The maximum Gasteiger partial charge on any atom is 0.131 e. The van der Waals surface area contributed by atoms with Gasteiger partial charge < -0.3 is 4.74 Å². The molecule has 0 atom stereocenters. The highest BCUT2D eigenvalue weighted by Gasteiger charge is 2.05. The largest absolute Gasteiger partial charge is 0.457 e. The summed E-state index contributed by atoms with van der Waals surface area (Å²) >= 11 is 11.7. The van der Waals surface area contributed by atoms with Crippen LogP contribution in [0.1, 0.15) is 5.56 Å². The summed E-state index contributed by atoms with van der Waals surface area (Å²) in [6.07, 6.45) is 0. The van der Waals surface area contributed by atoms with Crippen LogP contribution in [-0.4, -0.2) is 0 Å². The summed E-state index contributed by atoms with van der Waals surface area (Å²) < 4.78 is 18.3. The lowest BCUT2D eigenvalue weighted by atomic mass is 10.2. The van der Waals surface area contributed by atoms with Crippen LogP contribution in [0.25, 0.3) is 0 Å². The number of alkyl halides is 1. The average molecular weight is 271 g/mol. The second-order valence-corrected chi connectivity index (χ2v) is 4.15. The number of hydrogen-bond acceptors (Lipinski definition) is 1. The molecule has 2 aromatic rings. The van der Waals surface area contributed by atoms with Crippen LogP contribution in [0.3, 0.4) is 0 Å². The first-order valence-corrected chi connectivity index (χ1v) is 5.88. The fourth-order valence-corrected chi connectivity index (χ4v) is 1.79. The third-order valence-corrected chi connectivity index (χ3v) is 2.73. The number of halogens is 3. The molecule has 0 N–H and O–H groups in total. The van der Waals surface area contributed by atoms with Crippen molar-refractivity contribution in [2.45, 2.75) is 5.88 Å². The Balaban J connectivity index is 2.26. The molecule has 88 valence electrons. The van der Waals surface area contributed by atoms with Gasteiger partial charge in [0.1, 0.15) is 17.3 Å². The Morgan fingerprint density at radius 1 is 1.06 bits per heavy atom. The zero-order valence-corrected chi connectivity index (χ0v) is 10.3. The Kier molecular flexibility index (Phi) is 3.87. The van der Waals surface area contributed by atoms with Gasteiger partial charge in [-0.25, -0.2) is 4.39 Å². The van der Waals surface area contributed by atoms with Gasteiger partial charge in [-0.1, -0.05) is 11.6 Å². The smallest absolute Gasteiger partial charge is 0.131 e. The molecule has 0 spiro atoms. The minimum atomic E-state index is -0.300. The molecule has 1 nitrogen and oxygen atoms in total. The fraction of sp³-hybridized carbons (Fsp3) is 0.0769. The van der Waals surface area contributed by atoms with Gasteiger partial charge in [0, 0.05) is 10.6 Å². The number of ether oxygens (including phenoxy) is 1. The van der Waals surface area contributed by atoms with Gasteiger partial charge in [0.2, 0.25) is 0 Å². The average Bonchev–Trinajstić information content (AvgIpc) is 2.34. The van der Waals surface area contributed by atoms with Gasteiger partial charge in [0.25, 0.3) is 0 Å². The van der Waals surface area contributed by atoms with Crippen molar-refractivity contribution in [2.24, 2.45) is 0 Å². The normalized spacial score (nSPS) is 10.3. The summed E-state index contributed by atoms with van der Waals surface area (Å²) in [4.78, 5) is 0. The van der Waals surface area contributed by atoms with Crippen LogP contribution in [0, 0.1) is 5.82 Å². The van der Waals surface area contributed by atoms with Crippen molar-refractivity contribution in [2.75, 3.05) is 0 Å². The van der Waals surface area contributed by atoms with E-state index in [0.717, 1.165) is 5.56 Å². The molecule has 0 aliphatic heterocycles. The fourth-order valence-electron chi connectivity index (χ4n) is 1.38. The van der Waals surface area contributed by atoms with Crippen LogP contribution >= 0.6 is 23.2 Å². The first kappa shape index (κ1) is 12.2. The minimum Gasteiger partial charge on any atom is -0.457 e. The van der Waals surface area contributed by atoms with Crippen molar-refractivity contribution < 1.29 is 9.13 Å². The predicted octanol–water partition coefficient (Wildman–Crippen LogP) is 5.01. The van der Waals surface area contributed by atoms with Gasteiger partial charge in [-0.15, -0.1) is 11.6 Å². The Morgan fingerprint density at radius 2 is 1.76 bits per heavy atom. The van der Waals surface area contributed by atoms with E-state index in [4.69, 9.17) is 27.9 Å². The van der Waals surface area contributed by atoms with E-state index in [1.54, 1.807) is 30.3 Å². The first-order valence-electron chi connectivity index (χ1n) is 4.97. The molecular formula is C13H9Cl2FO. The summed E-state index contributed by atoms with van der Waals surface area (Å²) in [7, 11) is 0. The van der Waals surface area contributed by atoms with Gasteiger partial charge in [-0.2, -0.15) is 0 Å². The first-order chi connectivity index (χ1) is 8.19. The van der Waals surface area contributed by atoms with Crippen LogP contribution in [0.5, 0.6) is 11.5 Å². The minimum absolute atomic E-state index is 0.300. The van der Waals surface area contributed by atoms with Crippen LogP contribution < -0.4 is 4.74 Å². The van der Waals surface area contributed by atoms with Gasteiger partial charge in [-0.3, -0.25) is 0 Å². The van der Waals surface area contributed by atoms with Gasteiger partial charge in [-0.05, 0) is 42.5 Å². The highest BCUT2D eigenvalue weighted by Crippen LogP contribution is 2.29. The second-order valence-electron chi connectivity index (χ2n) is 3.44. The molecule has 2 rings (SSSR count). The molecule has 0 saturated carbocycles. The molecule has 0 heterocycles. The van der Waals surface area contributed by atoms with E-state index in [-0.39, 0.29) is 5.82 Å². The van der Waals surface area contributed by atoms with Gasteiger partial charge >= 0.3 is 0 Å². The molecule has 0 aliphatic rings. The van der Waals surface area contributed by atoms with Crippen LogP contribution in [-0.2, 0) is 5.88 Å². The highest BCUT2D eigenvalue weighted by atomic mass is 35.5. The summed E-state index contributed by atoms with van der Waals surface area (Å²) in [6.45, 7) is 0. The summed E-state index contributed by atoms with van der Waals surface area (Å²) in [5.41, 5.74) is 0.795. The maximum atomic E-state index is 12.7. The van der Waals surface area contributed by atoms with E-state index in [0.29, 0.717) is 22.4 Å². The summed E-state index contributed by atoms with van der Waals surface area (Å²) in [6, 6.07) is 11.0. The number of rotatable bonds is 3. The van der Waals surface area contributed by atoms with Crippen LogP contribution in [0.4, 0.5) is 4.39 Å². The third kappa shape index (κ3) is 3.11. The molecule has 0 aromatic heterocycles. The molecule has 0 saturated heterocycles. The Labute approximate surface area is 109 Å². The van der Waals surface area contributed by atoms with Crippen molar-refractivity contribution in [1.82, 2.24) is 0 Å². The molecule has 0 unspecified atom stereocenters. The lowest BCUT2D eigenvalue weighted by Gasteiger charge is -2.09. The molecule has 0 bridgehead atoms. The topological polar surface area (TPSA) is 9.23 Å². The van der Waals surface area contributed by atoms with E-state index in [1.807, 2.05) is 0 Å². The van der Waals surface area contributed by atoms with Crippen molar-refractivity contribution in [3.8, 4) is 11.5 Å². The molecule has 0 radical (unpaired) electrons. The monoisotopic (exact) mass is 270 g/mol. The number of benzene rings is 2. The molecule has 2 aromatic carbocycles. The van der Waals surface area contributed by atoms with Gasteiger partial charge in [0.15, 0.2) is 0 Å². The van der Waals surface area contributed by atoms with Gasteiger partial charge in [0.05, 0.1) is 5.88 Å².